The van der Waals surface area contributed by atoms with Crippen molar-refractivity contribution < 1.29 is 4.79 Å². The molecule has 3 aromatic rings. The summed E-state index contributed by atoms with van der Waals surface area (Å²) in [4.78, 5) is 16.8. The number of aryl methyl sites for hydroxylation is 2. The Balaban J connectivity index is 1.56. The molecule has 0 bridgehead atoms. The number of thioether (sulfide) groups is 1. The van der Waals surface area contributed by atoms with Gasteiger partial charge in [0.15, 0.2) is 5.82 Å². The zero-order valence-electron chi connectivity index (χ0n) is 15.9. The van der Waals surface area contributed by atoms with Crippen LogP contribution >= 0.6 is 11.8 Å². The Kier molecular flexibility index (Phi) is 6.29. The second kappa shape index (κ2) is 8.86. The molecule has 0 saturated carbocycles. The zero-order valence-corrected chi connectivity index (χ0v) is 16.7. The van der Waals surface area contributed by atoms with Crippen LogP contribution in [0.25, 0.3) is 11.4 Å². The van der Waals surface area contributed by atoms with Gasteiger partial charge in [0.05, 0.1) is 5.75 Å². The van der Waals surface area contributed by atoms with Crippen molar-refractivity contribution >= 4 is 23.2 Å². The zero-order chi connectivity index (χ0) is 19.2. The van der Waals surface area contributed by atoms with Crippen LogP contribution in [-0.4, -0.2) is 33.3 Å². The molecule has 0 aliphatic heterocycles. The molecule has 3 rings (SSSR count). The number of Topliss-reactive ketones (excluding diaryl/α,β-unsaturated/α-hetero) is 1. The number of carbonyl (C=O) groups excluding carboxylic acids is 1. The fourth-order valence-electron chi connectivity index (χ4n) is 2.98. The van der Waals surface area contributed by atoms with E-state index in [2.05, 4.69) is 59.5 Å². The van der Waals surface area contributed by atoms with Crippen molar-refractivity contribution in [2.45, 2.75) is 32.3 Å². The summed E-state index contributed by atoms with van der Waals surface area (Å²) < 4.78 is 0. The Hall–Kier alpha value is -2.60. The third kappa shape index (κ3) is 5.44. The van der Waals surface area contributed by atoms with Crippen LogP contribution in [0.4, 0.5) is 5.69 Å². The Morgan fingerprint density at radius 3 is 2.48 bits per heavy atom. The van der Waals surface area contributed by atoms with E-state index in [0.29, 0.717) is 23.2 Å². The summed E-state index contributed by atoms with van der Waals surface area (Å²) in [5.41, 5.74) is 5.48. The van der Waals surface area contributed by atoms with Crippen LogP contribution in [0, 0.1) is 13.8 Å². The fourth-order valence-corrected chi connectivity index (χ4v) is 3.64. The number of benzene rings is 2. The number of aromatic nitrogens is 3. The minimum Gasteiger partial charge on any atom is -0.385 e. The molecule has 0 amide bonds. The molecule has 2 N–H and O–H groups in total. The van der Waals surface area contributed by atoms with Gasteiger partial charge in [-0.1, -0.05) is 41.1 Å². The number of hydrogen-bond donors (Lipinski definition) is 2. The van der Waals surface area contributed by atoms with Gasteiger partial charge < -0.3 is 5.32 Å². The normalized spacial score (nSPS) is 10.8. The molecule has 2 aromatic carbocycles. The molecular weight excluding hydrogens is 356 g/mol. The van der Waals surface area contributed by atoms with Gasteiger partial charge in [-0.2, -0.15) is 0 Å². The van der Waals surface area contributed by atoms with Crippen LogP contribution in [0.3, 0.4) is 0 Å². The highest BCUT2D eigenvalue weighted by Crippen LogP contribution is 2.21. The van der Waals surface area contributed by atoms with Crippen LogP contribution < -0.4 is 5.32 Å². The van der Waals surface area contributed by atoms with Crippen LogP contribution in [0.5, 0.6) is 0 Å². The average Bonchev–Trinajstić information content (AvgIpc) is 3.09. The van der Waals surface area contributed by atoms with Gasteiger partial charge in [-0.25, -0.2) is 4.98 Å². The maximum Gasteiger partial charge on any atom is 0.209 e. The van der Waals surface area contributed by atoms with Gasteiger partial charge in [0.1, 0.15) is 5.78 Å². The quantitative estimate of drug-likeness (QED) is 0.566. The maximum atomic E-state index is 12.3. The molecule has 1 heterocycles. The van der Waals surface area contributed by atoms with Gasteiger partial charge in [-0.15, -0.1) is 5.10 Å². The second-order valence-corrected chi connectivity index (χ2v) is 7.52. The number of nitrogens with zero attached hydrogens (tertiary/aromatic N) is 2. The standard InChI is InChI=1S/C21H24N4OS/c1-4-22-18-7-5-17(6-8-18)20-23-21(25-24-20)27-13-19(26)12-16-10-14(2)9-15(3)11-16/h5-11,22H,4,12-13H2,1-3H3,(H,23,24,25). The van der Waals surface area contributed by atoms with E-state index >= 15 is 0 Å². The van der Waals surface area contributed by atoms with Gasteiger partial charge in [-0.3, -0.25) is 9.89 Å². The number of nitrogens with one attached hydrogen (secondary N) is 2. The third-order valence-corrected chi connectivity index (χ3v) is 4.96. The summed E-state index contributed by atoms with van der Waals surface area (Å²) in [7, 11) is 0. The Bertz CT molecular complexity index is 898. The van der Waals surface area contributed by atoms with E-state index in [-0.39, 0.29) is 5.78 Å². The number of ketones is 1. The highest BCUT2D eigenvalue weighted by atomic mass is 32.2. The molecule has 0 radical (unpaired) electrons. The summed E-state index contributed by atoms with van der Waals surface area (Å²) >= 11 is 1.37. The number of hydrogen-bond acceptors (Lipinski definition) is 5. The lowest BCUT2D eigenvalue weighted by Gasteiger charge is -2.04. The first kappa shape index (κ1) is 19.2. The predicted octanol–water partition coefficient (Wildman–Crippen LogP) is 4.42. The SMILES string of the molecule is CCNc1ccc(-c2nc(SCC(=O)Cc3cc(C)cc(C)c3)n[nH]2)cc1. The molecule has 1 aromatic heterocycles. The largest absolute Gasteiger partial charge is 0.385 e. The van der Waals surface area contributed by atoms with E-state index < -0.39 is 0 Å². The van der Waals surface area contributed by atoms with E-state index in [9.17, 15) is 4.79 Å². The summed E-state index contributed by atoms with van der Waals surface area (Å²) in [5, 5.41) is 11.0. The van der Waals surface area contributed by atoms with Crippen molar-refractivity contribution in [1.29, 1.82) is 0 Å². The molecule has 0 unspecified atom stereocenters. The molecule has 0 fully saturated rings. The van der Waals surface area contributed by atoms with Gasteiger partial charge in [0.2, 0.25) is 5.16 Å². The van der Waals surface area contributed by atoms with Crippen LogP contribution in [0.1, 0.15) is 23.6 Å². The van der Waals surface area contributed by atoms with Gasteiger partial charge in [0.25, 0.3) is 0 Å². The number of H-pyrrole nitrogens is 1. The lowest BCUT2D eigenvalue weighted by molar-refractivity contribution is -0.116. The van der Waals surface area contributed by atoms with E-state index in [1.54, 1.807) is 0 Å². The molecule has 0 spiro atoms. The van der Waals surface area contributed by atoms with Gasteiger partial charge in [0, 0.05) is 24.2 Å². The summed E-state index contributed by atoms with van der Waals surface area (Å²) in [6, 6.07) is 14.3. The second-order valence-electron chi connectivity index (χ2n) is 6.57. The number of aromatic amines is 1. The van der Waals surface area contributed by atoms with E-state index in [1.165, 1.54) is 22.9 Å². The average molecular weight is 381 g/mol. The fraction of sp³-hybridized carbons (Fsp3) is 0.286. The number of carbonyl (C=O) groups is 1. The van der Waals surface area contributed by atoms with E-state index in [1.807, 2.05) is 24.3 Å². The first-order valence-electron chi connectivity index (χ1n) is 9.02. The highest BCUT2D eigenvalue weighted by Gasteiger charge is 2.10. The molecule has 140 valence electrons. The first-order chi connectivity index (χ1) is 13.0. The molecular formula is C21H24N4OS. The van der Waals surface area contributed by atoms with E-state index in [4.69, 9.17) is 0 Å². The molecule has 0 aliphatic rings. The molecule has 5 nitrogen and oxygen atoms in total. The van der Waals surface area contributed by atoms with E-state index in [0.717, 1.165) is 23.4 Å². The van der Waals surface area contributed by atoms with Crippen molar-refractivity contribution in [2.24, 2.45) is 0 Å². The Morgan fingerprint density at radius 2 is 1.81 bits per heavy atom. The minimum absolute atomic E-state index is 0.173. The van der Waals surface area contributed by atoms with Crippen molar-refractivity contribution in [3.05, 3.63) is 59.2 Å². The first-order valence-corrected chi connectivity index (χ1v) is 10.0. The lowest BCUT2D eigenvalue weighted by atomic mass is 10.0. The number of anilines is 1. The molecule has 0 aliphatic carbocycles. The Morgan fingerprint density at radius 1 is 1.11 bits per heavy atom. The molecule has 0 atom stereocenters. The smallest absolute Gasteiger partial charge is 0.209 e. The summed E-state index contributed by atoms with van der Waals surface area (Å²) in [5.74, 6) is 1.25. The maximum absolute atomic E-state index is 12.3. The van der Waals surface area contributed by atoms with Crippen molar-refractivity contribution in [1.82, 2.24) is 15.2 Å². The Labute approximate surface area is 164 Å². The van der Waals surface area contributed by atoms with Gasteiger partial charge in [-0.05, 0) is 50.6 Å². The third-order valence-electron chi connectivity index (χ3n) is 4.05. The van der Waals surface area contributed by atoms with Crippen LogP contribution in [-0.2, 0) is 11.2 Å². The number of rotatable bonds is 8. The topological polar surface area (TPSA) is 70.7 Å². The summed E-state index contributed by atoms with van der Waals surface area (Å²) in [6.45, 7) is 7.05. The molecule has 6 heteroatoms. The molecule has 0 saturated heterocycles. The molecule has 27 heavy (non-hydrogen) atoms. The van der Waals surface area contributed by atoms with Crippen molar-refractivity contribution in [3.8, 4) is 11.4 Å². The van der Waals surface area contributed by atoms with Crippen LogP contribution in [0.15, 0.2) is 47.6 Å². The predicted molar refractivity (Wildman–Crippen MR) is 111 cm³/mol. The van der Waals surface area contributed by atoms with Crippen LogP contribution in [0.2, 0.25) is 0 Å². The lowest BCUT2D eigenvalue weighted by Crippen LogP contribution is -2.06. The van der Waals surface area contributed by atoms with Crippen molar-refractivity contribution in [2.75, 3.05) is 17.6 Å². The highest BCUT2D eigenvalue weighted by molar-refractivity contribution is 7.99. The minimum atomic E-state index is 0.173. The monoisotopic (exact) mass is 380 g/mol. The summed E-state index contributed by atoms with van der Waals surface area (Å²) in [6.07, 6.45) is 0.443. The van der Waals surface area contributed by atoms with Gasteiger partial charge >= 0.3 is 0 Å². The van der Waals surface area contributed by atoms with Crippen molar-refractivity contribution in [3.63, 3.8) is 0 Å².